The number of amides is 1. The first-order valence-electron chi connectivity index (χ1n) is 15.1. The monoisotopic (exact) mass is 687 g/mol. The molecular formula is C35H34ClN5O6S. The van der Waals surface area contributed by atoms with Crippen LogP contribution in [0, 0.1) is 11.8 Å². The maximum Gasteiger partial charge on any atom is 0.243 e. The summed E-state index contributed by atoms with van der Waals surface area (Å²) in [5, 5.41) is 10.4. The molecule has 1 amide bonds. The molecule has 4 aromatic carbocycles. The van der Waals surface area contributed by atoms with Crippen LogP contribution in [0.25, 0.3) is 10.9 Å². The zero-order valence-corrected chi connectivity index (χ0v) is 27.9. The van der Waals surface area contributed by atoms with Crippen molar-refractivity contribution in [3.63, 3.8) is 0 Å². The van der Waals surface area contributed by atoms with Crippen molar-refractivity contribution in [2.24, 2.45) is 5.18 Å². The highest BCUT2D eigenvalue weighted by Crippen LogP contribution is 2.31. The predicted octanol–water partition coefficient (Wildman–Crippen LogP) is 7.31. The standard InChI is InChI=1S/C35H34ClN5O6S/c1-24-20-33(30-21-26(36)8-14-31(30)38-24)37-17-19-41(48(44,45)29-12-10-28(46-2)11-13-29)18-16-35(42)39-32-15-9-27(40-43)22-34(32)47-23-25-6-4-3-5-7-25/h3-15,20-22H,16-19,23H2,1-2H3,(H,37,38)(H,39,42). The number of carbonyl (C=O) groups excluding carboxylic acids is 1. The van der Waals surface area contributed by atoms with Crippen LogP contribution in [-0.4, -0.2) is 50.4 Å². The molecule has 0 spiro atoms. The first kappa shape index (κ1) is 34.3. The summed E-state index contributed by atoms with van der Waals surface area (Å²) >= 11 is 6.25. The molecule has 11 nitrogen and oxygen atoms in total. The minimum atomic E-state index is -4.01. The third-order valence-electron chi connectivity index (χ3n) is 7.44. The van der Waals surface area contributed by atoms with Crippen molar-refractivity contribution in [2.75, 3.05) is 37.4 Å². The van der Waals surface area contributed by atoms with E-state index < -0.39 is 15.9 Å². The summed E-state index contributed by atoms with van der Waals surface area (Å²) in [6.07, 6.45) is -0.159. The summed E-state index contributed by atoms with van der Waals surface area (Å²) in [7, 11) is -2.51. The molecule has 1 heterocycles. The summed E-state index contributed by atoms with van der Waals surface area (Å²) in [5.41, 5.74) is 3.66. The zero-order chi connectivity index (χ0) is 34.1. The highest BCUT2D eigenvalue weighted by Gasteiger charge is 2.25. The fraction of sp³-hybridized carbons (Fsp3) is 0.200. The number of nitrogens with one attached hydrogen (secondary N) is 2. The highest BCUT2D eigenvalue weighted by atomic mass is 35.5. The Labute approximate surface area is 283 Å². The SMILES string of the molecule is COc1ccc(S(=O)(=O)N(CCNc2cc(C)nc3ccc(Cl)cc23)CCC(=O)Nc2ccc(N=O)cc2OCc2ccccc2)cc1. The van der Waals surface area contributed by atoms with Gasteiger partial charge in [0.1, 0.15) is 23.8 Å². The van der Waals surface area contributed by atoms with Gasteiger partial charge in [0.2, 0.25) is 15.9 Å². The Morgan fingerprint density at radius 1 is 0.938 bits per heavy atom. The summed E-state index contributed by atoms with van der Waals surface area (Å²) in [4.78, 5) is 29.0. The molecule has 0 atom stereocenters. The molecule has 48 heavy (non-hydrogen) atoms. The second-order valence-electron chi connectivity index (χ2n) is 10.8. The number of anilines is 2. The molecule has 0 aliphatic carbocycles. The van der Waals surface area contributed by atoms with E-state index in [0.717, 1.165) is 27.8 Å². The maximum atomic E-state index is 13.8. The molecule has 1 aromatic heterocycles. The number of methoxy groups -OCH3 is 1. The normalized spacial score (nSPS) is 11.3. The van der Waals surface area contributed by atoms with Gasteiger partial charge < -0.3 is 20.1 Å². The van der Waals surface area contributed by atoms with Crippen LogP contribution in [0.1, 0.15) is 17.7 Å². The van der Waals surface area contributed by atoms with Gasteiger partial charge in [-0.25, -0.2) is 8.42 Å². The number of benzene rings is 4. The molecule has 0 aliphatic heterocycles. The number of aromatic nitrogens is 1. The molecule has 0 bridgehead atoms. The van der Waals surface area contributed by atoms with Crippen molar-refractivity contribution in [3.8, 4) is 11.5 Å². The first-order chi connectivity index (χ1) is 23.2. The van der Waals surface area contributed by atoms with Gasteiger partial charge in [0, 0.05) is 53.9 Å². The van der Waals surface area contributed by atoms with Crippen molar-refractivity contribution in [1.29, 1.82) is 0 Å². The lowest BCUT2D eigenvalue weighted by Gasteiger charge is -2.23. The van der Waals surface area contributed by atoms with Crippen LogP contribution in [0.5, 0.6) is 11.5 Å². The van der Waals surface area contributed by atoms with Gasteiger partial charge in [-0.15, -0.1) is 4.91 Å². The van der Waals surface area contributed by atoms with Crippen molar-refractivity contribution in [2.45, 2.75) is 24.8 Å². The Morgan fingerprint density at radius 3 is 2.44 bits per heavy atom. The molecule has 248 valence electrons. The van der Waals surface area contributed by atoms with Crippen LogP contribution in [-0.2, 0) is 21.4 Å². The molecule has 0 unspecified atom stereocenters. The third kappa shape index (κ3) is 8.65. The van der Waals surface area contributed by atoms with E-state index in [2.05, 4.69) is 20.8 Å². The average molecular weight is 688 g/mol. The summed E-state index contributed by atoms with van der Waals surface area (Å²) in [5.74, 6) is 0.331. The van der Waals surface area contributed by atoms with Crippen molar-refractivity contribution < 1.29 is 22.7 Å². The number of carbonyl (C=O) groups is 1. The van der Waals surface area contributed by atoms with Crippen LogP contribution in [0.4, 0.5) is 17.1 Å². The minimum absolute atomic E-state index is 0.0518. The van der Waals surface area contributed by atoms with Gasteiger partial charge in [-0.3, -0.25) is 9.78 Å². The Bertz CT molecular complexity index is 2010. The highest BCUT2D eigenvalue weighted by molar-refractivity contribution is 7.89. The molecule has 0 saturated carbocycles. The van der Waals surface area contributed by atoms with Gasteiger partial charge in [-0.05, 0) is 78.3 Å². The number of fused-ring (bicyclic) bond motifs is 1. The van der Waals surface area contributed by atoms with Crippen LogP contribution >= 0.6 is 11.6 Å². The van der Waals surface area contributed by atoms with Gasteiger partial charge in [-0.2, -0.15) is 4.31 Å². The average Bonchev–Trinajstić information content (AvgIpc) is 3.09. The van der Waals surface area contributed by atoms with Gasteiger partial charge in [-0.1, -0.05) is 41.9 Å². The van der Waals surface area contributed by atoms with Crippen LogP contribution in [0.3, 0.4) is 0 Å². The van der Waals surface area contributed by atoms with Gasteiger partial charge in [0.15, 0.2) is 0 Å². The van der Waals surface area contributed by atoms with Crippen LogP contribution in [0.2, 0.25) is 5.02 Å². The first-order valence-corrected chi connectivity index (χ1v) is 16.9. The lowest BCUT2D eigenvalue weighted by atomic mass is 10.1. The number of sulfonamides is 1. The van der Waals surface area contributed by atoms with Crippen molar-refractivity contribution >= 4 is 55.5 Å². The van der Waals surface area contributed by atoms with Crippen molar-refractivity contribution in [3.05, 3.63) is 118 Å². The molecule has 13 heteroatoms. The number of ether oxygens (including phenoxy) is 2. The van der Waals surface area contributed by atoms with Gasteiger partial charge in [0.05, 0.1) is 23.2 Å². The van der Waals surface area contributed by atoms with Crippen LogP contribution in [0.15, 0.2) is 107 Å². The van der Waals surface area contributed by atoms with E-state index in [-0.39, 0.29) is 49.0 Å². The van der Waals surface area contributed by atoms with E-state index >= 15 is 0 Å². The minimum Gasteiger partial charge on any atom is -0.497 e. The van der Waals surface area contributed by atoms with Gasteiger partial charge in [0.25, 0.3) is 0 Å². The number of halogens is 1. The van der Waals surface area contributed by atoms with E-state index in [9.17, 15) is 18.1 Å². The lowest BCUT2D eigenvalue weighted by Crippen LogP contribution is -2.37. The summed E-state index contributed by atoms with van der Waals surface area (Å²) in [6.45, 7) is 2.25. The summed E-state index contributed by atoms with van der Waals surface area (Å²) < 4.78 is 40.0. The maximum absolute atomic E-state index is 13.8. The molecule has 0 fully saturated rings. The van der Waals surface area contributed by atoms with E-state index in [1.165, 1.54) is 41.7 Å². The molecule has 0 saturated heterocycles. The molecule has 0 aliphatic rings. The van der Waals surface area contributed by atoms with E-state index in [1.54, 1.807) is 24.3 Å². The number of rotatable bonds is 15. The fourth-order valence-corrected chi connectivity index (χ4v) is 6.62. The largest absolute Gasteiger partial charge is 0.497 e. The summed E-state index contributed by atoms with van der Waals surface area (Å²) in [6, 6.07) is 27.2. The van der Waals surface area contributed by atoms with Gasteiger partial charge >= 0.3 is 0 Å². The number of hydrogen-bond donors (Lipinski definition) is 2. The topological polar surface area (TPSA) is 139 Å². The Morgan fingerprint density at radius 2 is 1.71 bits per heavy atom. The Kier molecular flexibility index (Phi) is 11.2. The molecular weight excluding hydrogens is 654 g/mol. The fourth-order valence-electron chi connectivity index (χ4n) is 5.01. The molecule has 5 rings (SSSR count). The number of aryl methyl sites for hydroxylation is 1. The van der Waals surface area contributed by atoms with E-state index in [4.69, 9.17) is 21.1 Å². The Balaban J connectivity index is 1.32. The number of hydrogen-bond acceptors (Lipinski definition) is 9. The van der Waals surface area contributed by atoms with Crippen molar-refractivity contribution in [1.82, 2.24) is 9.29 Å². The predicted molar refractivity (Wildman–Crippen MR) is 188 cm³/mol. The number of pyridine rings is 1. The zero-order valence-electron chi connectivity index (χ0n) is 26.4. The third-order valence-corrected chi connectivity index (χ3v) is 9.59. The quantitative estimate of drug-likeness (QED) is 0.109. The molecule has 5 aromatic rings. The number of nitrogens with zero attached hydrogens (tertiary/aromatic N) is 3. The molecule has 2 N–H and O–H groups in total. The Hall–Kier alpha value is -5.04. The van der Waals surface area contributed by atoms with E-state index in [1.807, 2.05) is 49.4 Å². The molecule has 0 radical (unpaired) electrons. The second kappa shape index (κ2) is 15.7. The van der Waals surface area contributed by atoms with Crippen LogP contribution < -0.4 is 20.1 Å². The lowest BCUT2D eigenvalue weighted by molar-refractivity contribution is -0.116. The number of nitroso groups, excluding NO2 is 1. The second-order valence-corrected chi connectivity index (χ2v) is 13.2. The smallest absolute Gasteiger partial charge is 0.243 e. The van der Waals surface area contributed by atoms with E-state index in [0.29, 0.717) is 16.5 Å².